The van der Waals surface area contributed by atoms with Crippen LogP contribution < -0.4 is 15.4 Å². The standard InChI is InChI=1S/C19H27F2N3O4S/c20-19(21)14-6-8-24(9-7-14)17-13-15(4-5-16(17)22)23-29(25,26)12-11-28-18-3-1-2-10-27-18/h4-5,13,18,23H,1-3,6-12,22H2. The highest BCUT2D eigenvalue weighted by Gasteiger charge is 2.21. The number of sulfonamides is 1. The smallest absolute Gasteiger partial charge is 0.269 e. The highest BCUT2D eigenvalue weighted by molar-refractivity contribution is 7.92. The van der Waals surface area contributed by atoms with Gasteiger partial charge < -0.3 is 20.1 Å². The highest BCUT2D eigenvalue weighted by atomic mass is 32.2. The number of nitrogens with two attached hydrogens (primary N) is 1. The highest BCUT2D eigenvalue weighted by Crippen LogP contribution is 2.32. The summed E-state index contributed by atoms with van der Waals surface area (Å²) in [5, 5.41) is 0. The minimum absolute atomic E-state index is 0.0395. The van der Waals surface area contributed by atoms with Gasteiger partial charge in [-0.05, 0) is 55.9 Å². The van der Waals surface area contributed by atoms with Crippen molar-refractivity contribution in [3.63, 3.8) is 0 Å². The maximum atomic E-state index is 12.7. The molecule has 0 saturated carbocycles. The van der Waals surface area contributed by atoms with Crippen LogP contribution in [0.1, 0.15) is 32.1 Å². The summed E-state index contributed by atoms with van der Waals surface area (Å²) in [5.41, 5.74) is 7.68. The number of halogens is 2. The quantitative estimate of drug-likeness (QED) is 0.644. The van der Waals surface area contributed by atoms with Crippen LogP contribution in [-0.4, -0.2) is 46.8 Å². The van der Waals surface area contributed by atoms with E-state index >= 15 is 0 Å². The van der Waals surface area contributed by atoms with Crippen LogP contribution >= 0.6 is 0 Å². The first-order chi connectivity index (χ1) is 13.8. The lowest BCUT2D eigenvalue weighted by Gasteiger charge is -2.31. The minimum Gasteiger partial charge on any atom is -0.397 e. The molecule has 2 heterocycles. The number of nitrogen functional groups attached to an aromatic ring is 1. The first kappa shape index (κ1) is 21.8. The fourth-order valence-electron chi connectivity index (χ4n) is 3.45. The second kappa shape index (κ2) is 9.73. The molecule has 7 nitrogen and oxygen atoms in total. The van der Waals surface area contributed by atoms with Gasteiger partial charge in [0.2, 0.25) is 10.0 Å². The fraction of sp³-hybridized carbons (Fsp3) is 0.579. The van der Waals surface area contributed by atoms with E-state index in [1.54, 1.807) is 18.2 Å². The third-order valence-electron chi connectivity index (χ3n) is 5.07. The molecule has 0 spiro atoms. The van der Waals surface area contributed by atoms with Crippen molar-refractivity contribution in [3.8, 4) is 0 Å². The third kappa shape index (κ3) is 6.28. The molecule has 2 aliphatic heterocycles. The number of nitrogens with one attached hydrogen (secondary N) is 1. The Morgan fingerprint density at radius 3 is 2.69 bits per heavy atom. The molecule has 2 aliphatic rings. The lowest BCUT2D eigenvalue weighted by atomic mass is 10.0. The molecule has 0 amide bonds. The predicted octanol–water partition coefficient (Wildman–Crippen LogP) is 3.30. The summed E-state index contributed by atoms with van der Waals surface area (Å²) in [5.74, 6) is -0.194. The molecule has 3 rings (SSSR count). The van der Waals surface area contributed by atoms with Gasteiger partial charge in [-0.15, -0.1) is 0 Å². The molecule has 29 heavy (non-hydrogen) atoms. The zero-order valence-electron chi connectivity index (χ0n) is 16.2. The van der Waals surface area contributed by atoms with E-state index < -0.39 is 16.1 Å². The molecular weight excluding hydrogens is 404 g/mol. The van der Waals surface area contributed by atoms with Gasteiger partial charge in [-0.1, -0.05) is 0 Å². The van der Waals surface area contributed by atoms with E-state index in [9.17, 15) is 17.2 Å². The molecule has 2 saturated heterocycles. The number of piperidine rings is 1. The van der Waals surface area contributed by atoms with Crippen molar-refractivity contribution in [1.82, 2.24) is 0 Å². The van der Waals surface area contributed by atoms with Crippen LogP contribution in [0.25, 0.3) is 0 Å². The third-order valence-corrected chi connectivity index (χ3v) is 6.32. The Hall–Kier alpha value is -1.91. The van der Waals surface area contributed by atoms with E-state index in [0.717, 1.165) is 19.3 Å². The molecule has 162 valence electrons. The minimum atomic E-state index is -3.61. The fourth-order valence-corrected chi connectivity index (χ4v) is 4.35. The molecule has 1 unspecified atom stereocenters. The maximum absolute atomic E-state index is 12.7. The van der Waals surface area contributed by atoms with Gasteiger partial charge in [0.05, 0.1) is 29.4 Å². The average Bonchev–Trinajstić information content (AvgIpc) is 2.70. The van der Waals surface area contributed by atoms with Crippen molar-refractivity contribution in [2.45, 2.75) is 38.4 Å². The lowest BCUT2D eigenvalue weighted by molar-refractivity contribution is -0.158. The predicted molar refractivity (Wildman–Crippen MR) is 108 cm³/mol. The van der Waals surface area contributed by atoms with Crippen molar-refractivity contribution >= 4 is 27.1 Å². The Morgan fingerprint density at radius 2 is 2.03 bits per heavy atom. The summed E-state index contributed by atoms with van der Waals surface area (Å²) in [6.07, 6.45) is 1.35. The van der Waals surface area contributed by atoms with Crippen LogP contribution in [-0.2, 0) is 19.5 Å². The van der Waals surface area contributed by atoms with E-state index in [4.69, 9.17) is 15.2 Å². The molecule has 0 bridgehead atoms. The van der Waals surface area contributed by atoms with Crippen LogP contribution in [0.3, 0.4) is 0 Å². The van der Waals surface area contributed by atoms with Gasteiger partial charge in [0, 0.05) is 19.7 Å². The summed E-state index contributed by atoms with van der Waals surface area (Å²) in [6.45, 7) is 1.48. The summed E-state index contributed by atoms with van der Waals surface area (Å²) < 4.78 is 63.7. The van der Waals surface area contributed by atoms with Gasteiger partial charge in [-0.2, -0.15) is 8.78 Å². The Kier molecular flexibility index (Phi) is 7.31. The summed E-state index contributed by atoms with van der Waals surface area (Å²) in [4.78, 5) is 1.89. The average molecular weight is 432 g/mol. The summed E-state index contributed by atoms with van der Waals surface area (Å²) >= 11 is 0. The normalized spacial score (nSPS) is 20.6. The van der Waals surface area contributed by atoms with Crippen LogP contribution in [0.5, 0.6) is 0 Å². The SMILES string of the molecule is Nc1ccc(NS(=O)(=O)CCOC2CCCCO2)cc1N1CCC(=C(F)F)CC1. The van der Waals surface area contributed by atoms with Crippen LogP contribution in [0, 0.1) is 0 Å². The Bertz CT molecular complexity index is 828. The first-order valence-corrected chi connectivity index (χ1v) is 11.4. The maximum Gasteiger partial charge on any atom is 0.269 e. The van der Waals surface area contributed by atoms with Crippen molar-refractivity contribution in [2.75, 3.05) is 47.4 Å². The lowest BCUT2D eigenvalue weighted by Crippen LogP contribution is -2.31. The van der Waals surface area contributed by atoms with Gasteiger partial charge in [-0.3, -0.25) is 4.72 Å². The van der Waals surface area contributed by atoms with E-state index in [1.807, 2.05) is 4.90 Å². The van der Waals surface area contributed by atoms with Gasteiger partial charge in [0.1, 0.15) is 0 Å². The zero-order valence-corrected chi connectivity index (χ0v) is 17.0. The first-order valence-electron chi connectivity index (χ1n) is 9.75. The molecule has 10 heteroatoms. The van der Waals surface area contributed by atoms with E-state index in [1.165, 1.54) is 0 Å². The monoisotopic (exact) mass is 431 g/mol. The zero-order chi connectivity index (χ0) is 20.9. The van der Waals surface area contributed by atoms with Gasteiger partial charge in [0.15, 0.2) is 6.29 Å². The number of ether oxygens (including phenoxy) is 2. The van der Waals surface area contributed by atoms with Crippen molar-refractivity contribution in [2.24, 2.45) is 0 Å². The van der Waals surface area contributed by atoms with E-state index in [-0.39, 0.29) is 37.1 Å². The molecule has 1 aromatic carbocycles. The summed E-state index contributed by atoms with van der Waals surface area (Å²) in [6, 6.07) is 4.83. The summed E-state index contributed by atoms with van der Waals surface area (Å²) in [7, 11) is -3.61. The van der Waals surface area contributed by atoms with Crippen LogP contribution in [0.15, 0.2) is 29.9 Å². The number of nitrogens with zero attached hydrogens (tertiary/aromatic N) is 1. The van der Waals surface area contributed by atoms with Gasteiger partial charge >= 0.3 is 0 Å². The number of benzene rings is 1. The second-order valence-electron chi connectivity index (χ2n) is 7.21. The molecule has 0 aliphatic carbocycles. The Morgan fingerprint density at radius 1 is 1.28 bits per heavy atom. The number of hydrogen-bond acceptors (Lipinski definition) is 6. The molecule has 1 aromatic rings. The number of rotatable bonds is 7. The Labute approximate surface area is 169 Å². The van der Waals surface area contributed by atoms with Gasteiger partial charge in [-0.25, -0.2) is 8.42 Å². The molecular formula is C19H27F2N3O4S. The molecule has 0 aromatic heterocycles. The van der Waals surface area contributed by atoms with Crippen LogP contribution in [0.4, 0.5) is 25.8 Å². The van der Waals surface area contributed by atoms with Gasteiger partial charge in [0.25, 0.3) is 6.08 Å². The van der Waals surface area contributed by atoms with Crippen molar-refractivity contribution in [1.29, 1.82) is 0 Å². The van der Waals surface area contributed by atoms with Crippen molar-refractivity contribution < 1.29 is 26.7 Å². The topological polar surface area (TPSA) is 93.9 Å². The Balaban J connectivity index is 1.58. The molecule has 1 atom stereocenters. The number of hydrogen-bond donors (Lipinski definition) is 2. The second-order valence-corrected chi connectivity index (χ2v) is 9.05. The molecule has 0 radical (unpaired) electrons. The molecule has 3 N–H and O–H groups in total. The largest absolute Gasteiger partial charge is 0.397 e. The molecule has 2 fully saturated rings. The van der Waals surface area contributed by atoms with E-state index in [0.29, 0.717) is 36.8 Å². The number of anilines is 3. The van der Waals surface area contributed by atoms with E-state index in [2.05, 4.69) is 4.72 Å². The van der Waals surface area contributed by atoms with Crippen molar-refractivity contribution in [3.05, 3.63) is 29.9 Å². The van der Waals surface area contributed by atoms with Crippen LogP contribution in [0.2, 0.25) is 0 Å².